The second-order valence-electron chi connectivity index (χ2n) is 4.36. The molecule has 0 aliphatic heterocycles. The van der Waals surface area contributed by atoms with Crippen LogP contribution in [0.4, 0.5) is 5.69 Å². The predicted octanol–water partition coefficient (Wildman–Crippen LogP) is 4.61. The Morgan fingerprint density at radius 1 is 1.00 bits per heavy atom. The van der Waals surface area contributed by atoms with Gasteiger partial charge in [-0.2, -0.15) is 0 Å². The minimum Gasteiger partial charge on any atom is -0.380 e. The highest BCUT2D eigenvalue weighted by Gasteiger charge is 2.01. The maximum Gasteiger partial charge on any atom is 0.0722 e. The summed E-state index contributed by atoms with van der Waals surface area (Å²) in [5.74, 6) is 0. The van der Waals surface area contributed by atoms with Crippen LogP contribution in [-0.2, 0) is 6.54 Å². The van der Waals surface area contributed by atoms with E-state index in [4.69, 9.17) is 0 Å². The average molecular weight is 313 g/mol. The number of aromatic nitrogens is 1. The van der Waals surface area contributed by atoms with Crippen molar-refractivity contribution in [2.45, 2.75) is 6.54 Å². The van der Waals surface area contributed by atoms with Crippen LogP contribution in [0.3, 0.4) is 0 Å². The summed E-state index contributed by atoms with van der Waals surface area (Å²) in [5.41, 5.74) is 3.38. The van der Waals surface area contributed by atoms with Gasteiger partial charge in [-0.05, 0) is 29.8 Å². The zero-order valence-corrected chi connectivity index (χ0v) is 11.9. The lowest BCUT2D eigenvalue weighted by Gasteiger charge is -2.09. The summed E-state index contributed by atoms with van der Waals surface area (Å²) in [6.45, 7) is 0.799. The molecule has 1 N–H and O–H groups in total. The van der Waals surface area contributed by atoms with Crippen molar-refractivity contribution >= 4 is 32.5 Å². The van der Waals surface area contributed by atoms with Crippen LogP contribution in [0.5, 0.6) is 0 Å². The van der Waals surface area contributed by atoms with Gasteiger partial charge in [0.2, 0.25) is 0 Å². The first kappa shape index (κ1) is 12.2. The third kappa shape index (κ3) is 2.76. The molecule has 94 valence electrons. The molecule has 0 fully saturated rings. The Balaban J connectivity index is 1.86. The number of nitrogens with zero attached hydrogens (tertiary/aromatic N) is 1. The number of anilines is 1. The predicted molar refractivity (Wildman–Crippen MR) is 83.2 cm³/mol. The highest BCUT2D eigenvalue weighted by molar-refractivity contribution is 9.10. The smallest absolute Gasteiger partial charge is 0.0722 e. The van der Waals surface area contributed by atoms with Gasteiger partial charge in [0.1, 0.15) is 0 Å². The first-order valence-corrected chi connectivity index (χ1v) is 6.94. The lowest BCUT2D eigenvalue weighted by atomic mass is 10.1. The molecule has 2 aromatic carbocycles. The van der Waals surface area contributed by atoms with E-state index in [1.165, 1.54) is 5.56 Å². The zero-order valence-electron chi connectivity index (χ0n) is 10.3. The summed E-state index contributed by atoms with van der Waals surface area (Å²) in [7, 11) is 0. The largest absolute Gasteiger partial charge is 0.380 e. The van der Waals surface area contributed by atoms with E-state index in [-0.39, 0.29) is 0 Å². The number of para-hydroxylation sites is 1. The number of halogens is 1. The summed E-state index contributed by atoms with van der Waals surface area (Å²) in [6, 6.07) is 18.5. The maximum atomic E-state index is 4.36. The van der Waals surface area contributed by atoms with Crippen LogP contribution in [0, 0.1) is 0 Å². The molecule has 3 heteroatoms. The van der Waals surface area contributed by atoms with Crippen molar-refractivity contribution in [3.8, 4) is 0 Å². The lowest BCUT2D eigenvalue weighted by Crippen LogP contribution is -2.00. The van der Waals surface area contributed by atoms with Gasteiger partial charge in [0.05, 0.1) is 5.52 Å². The van der Waals surface area contributed by atoms with Crippen molar-refractivity contribution < 1.29 is 0 Å². The normalized spacial score (nSPS) is 10.6. The van der Waals surface area contributed by atoms with Gasteiger partial charge < -0.3 is 5.32 Å². The number of fused-ring (bicyclic) bond motifs is 1. The summed E-state index contributed by atoms with van der Waals surface area (Å²) in [5, 5.41) is 4.62. The maximum absolute atomic E-state index is 4.36. The van der Waals surface area contributed by atoms with Crippen molar-refractivity contribution in [1.29, 1.82) is 0 Å². The molecule has 0 aliphatic rings. The first-order valence-electron chi connectivity index (χ1n) is 6.15. The van der Waals surface area contributed by atoms with Crippen LogP contribution in [0.15, 0.2) is 65.3 Å². The van der Waals surface area contributed by atoms with Crippen LogP contribution in [-0.4, -0.2) is 4.98 Å². The number of hydrogen-bond donors (Lipinski definition) is 1. The Morgan fingerprint density at radius 3 is 2.79 bits per heavy atom. The Bertz CT molecular complexity index is 704. The van der Waals surface area contributed by atoms with Gasteiger partial charge in [0.25, 0.3) is 0 Å². The van der Waals surface area contributed by atoms with Crippen LogP contribution >= 0.6 is 15.9 Å². The Labute approximate surface area is 120 Å². The Hall–Kier alpha value is -1.87. The van der Waals surface area contributed by atoms with Gasteiger partial charge in [-0.25, -0.2) is 0 Å². The van der Waals surface area contributed by atoms with Crippen LogP contribution in [0.2, 0.25) is 0 Å². The second kappa shape index (κ2) is 5.41. The summed E-state index contributed by atoms with van der Waals surface area (Å²) >= 11 is 3.49. The molecule has 0 saturated heterocycles. The number of pyridine rings is 1. The molecule has 3 rings (SSSR count). The molecular weight excluding hydrogens is 300 g/mol. The fourth-order valence-electron chi connectivity index (χ4n) is 2.09. The van der Waals surface area contributed by atoms with Crippen LogP contribution in [0.1, 0.15) is 5.56 Å². The molecule has 1 heterocycles. The topological polar surface area (TPSA) is 24.9 Å². The highest BCUT2D eigenvalue weighted by Crippen LogP contribution is 2.22. The van der Waals surface area contributed by atoms with E-state index < -0.39 is 0 Å². The van der Waals surface area contributed by atoms with Gasteiger partial charge in [0, 0.05) is 28.3 Å². The third-order valence-corrected chi connectivity index (χ3v) is 3.51. The summed E-state index contributed by atoms with van der Waals surface area (Å²) in [4.78, 5) is 4.36. The van der Waals surface area contributed by atoms with E-state index in [0.717, 1.165) is 27.6 Å². The van der Waals surface area contributed by atoms with Crippen molar-refractivity contribution in [1.82, 2.24) is 4.98 Å². The Morgan fingerprint density at radius 2 is 1.89 bits per heavy atom. The SMILES string of the molecule is Brc1cccc(CNc2ccnc3ccccc23)c1. The molecule has 0 saturated carbocycles. The molecule has 0 spiro atoms. The third-order valence-electron chi connectivity index (χ3n) is 3.02. The quantitative estimate of drug-likeness (QED) is 0.764. The average Bonchev–Trinajstić information content (AvgIpc) is 2.45. The van der Waals surface area contributed by atoms with Crippen LogP contribution in [0.25, 0.3) is 10.9 Å². The van der Waals surface area contributed by atoms with E-state index in [1.807, 2.05) is 42.6 Å². The summed E-state index contributed by atoms with van der Waals surface area (Å²) < 4.78 is 1.10. The number of rotatable bonds is 3. The van der Waals surface area contributed by atoms with Gasteiger partial charge in [-0.1, -0.05) is 46.3 Å². The molecule has 19 heavy (non-hydrogen) atoms. The zero-order chi connectivity index (χ0) is 13.1. The van der Waals surface area contributed by atoms with Gasteiger partial charge in [-0.3, -0.25) is 4.98 Å². The molecule has 0 amide bonds. The lowest BCUT2D eigenvalue weighted by molar-refractivity contribution is 1.15. The van der Waals surface area contributed by atoms with E-state index in [1.54, 1.807) is 0 Å². The molecule has 2 nitrogen and oxygen atoms in total. The first-order chi connectivity index (χ1) is 9.33. The van der Waals surface area contributed by atoms with Crippen molar-refractivity contribution in [3.05, 3.63) is 70.8 Å². The molecule has 3 aromatic rings. The van der Waals surface area contributed by atoms with Crippen molar-refractivity contribution in [2.75, 3.05) is 5.32 Å². The monoisotopic (exact) mass is 312 g/mol. The van der Waals surface area contributed by atoms with Crippen LogP contribution < -0.4 is 5.32 Å². The van der Waals surface area contributed by atoms with Gasteiger partial charge in [-0.15, -0.1) is 0 Å². The van der Waals surface area contributed by atoms with E-state index in [9.17, 15) is 0 Å². The van der Waals surface area contributed by atoms with E-state index in [0.29, 0.717) is 0 Å². The number of hydrogen-bond acceptors (Lipinski definition) is 2. The molecule has 0 bridgehead atoms. The minimum atomic E-state index is 0.799. The van der Waals surface area contributed by atoms with E-state index >= 15 is 0 Å². The summed E-state index contributed by atoms with van der Waals surface area (Å²) in [6.07, 6.45) is 1.84. The fraction of sp³-hybridized carbons (Fsp3) is 0.0625. The Kier molecular flexibility index (Phi) is 3.47. The molecule has 0 aliphatic carbocycles. The number of benzene rings is 2. The molecule has 0 atom stereocenters. The van der Waals surface area contributed by atoms with E-state index in [2.05, 4.69) is 44.4 Å². The second-order valence-corrected chi connectivity index (χ2v) is 5.27. The van der Waals surface area contributed by atoms with Crippen molar-refractivity contribution in [2.24, 2.45) is 0 Å². The van der Waals surface area contributed by atoms with Crippen molar-refractivity contribution in [3.63, 3.8) is 0 Å². The standard InChI is InChI=1S/C16H13BrN2/c17-13-5-3-4-12(10-13)11-19-16-8-9-18-15-7-2-1-6-14(15)16/h1-10H,11H2,(H,18,19). The molecular formula is C16H13BrN2. The number of nitrogens with one attached hydrogen (secondary N) is 1. The van der Waals surface area contributed by atoms with Gasteiger partial charge >= 0.3 is 0 Å². The van der Waals surface area contributed by atoms with Gasteiger partial charge in [0.15, 0.2) is 0 Å². The molecule has 0 unspecified atom stereocenters. The molecule has 1 aromatic heterocycles. The fourth-order valence-corrected chi connectivity index (χ4v) is 2.54. The highest BCUT2D eigenvalue weighted by atomic mass is 79.9. The molecule has 0 radical (unpaired) electrons. The minimum absolute atomic E-state index is 0.799.